The Labute approximate surface area is 197 Å². The fourth-order valence-corrected chi connectivity index (χ4v) is 5.15. The van der Waals surface area contributed by atoms with Gasteiger partial charge in [-0.3, -0.25) is 15.0 Å². The average molecular weight is 463 g/mol. The first-order valence-electron chi connectivity index (χ1n) is 11.5. The maximum absolute atomic E-state index is 6.43. The molecule has 0 saturated heterocycles. The lowest BCUT2D eigenvalue weighted by Gasteiger charge is -2.13. The van der Waals surface area contributed by atoms with E-state index in [-0.39, 0.29) is 0 Å². The highest BCUT2D eigenvalue weighted by atomic mass is 35.5. The fourth-order valence-electron chi connectivity index (χ4n) is 4.87. The van der Waals surface area contributed by atoms with Crippen molar-refractivity contribution in [3.8, 4) is 22.6 Å². The number of alkyl halides is 1. The predicted molar refractivity (Wildman–Crippen MR) is 130 cm³/mol. The number of halogens is 1. The van der Waals surface area contributed by atoms with Crippen molar-refractivity contribution in [3.63, 3.8) is 0 Å². The van der Waals surface area contributed by atoms with Gasteiger partial charge in [0.2, 0.25) is 0 Å². The van der Waals surface area contributed by atoms with Crippen molar-refractivity contribution in [2.45, 2.75) is 43.4 Å². The van der Waals surface area contributed by atoms with Crippen LogP contribution in [0.4, 0.5) is 5.69 Å². The molecule has 0 bridgehead atoms. The number of nitrogens with one attached hydrogen (secondary N) is 1. The van der Waals surface area contributed by atoms with Gasteiger partial charge >= 0.3 is 0 Å². The molecule has 0 radical (unpaired) electrons. The van der Waals surface area contributed by atoms with Crippen LogP contribution in [0.2, 0.25) is 0 Å². The van der Waals surface area contributed by atoms with Gasteiger partial charge in [-0.05, 0) is 37.8 Å². The first-order chi connectivity index (χ1) is 16.1. The molecule has 2 aliphatic rings. The summed E-state index contributed by atoms with van der Waals surface area (Å²) in [7, 11) is 5.69. The standard InChI is InChI=1S/C25H27ClN6O/c1-31-13-16-11-18(21(14-7-8-14)27-24(16)29-31)25-28-22(23(32(25)2)15-9-10-15)17-5-4-6-20(30-33-3)19(17)12-26/h4-6,11,13-15,30H,7-10,12H2,1-3H3. The molecule has 2 fully saturated rings. The molecule has 0 atom stereocenters. The van der Waals surface area contributed by atoms with Crippen LogP contribution in [0.25, 0.3) is 33.7 Å². The molecule has 2 aliphatic carbocycles. The molecule has 170 valence electrons. The van der Waals surface area contributed by atoms with Crippen molar-refractivity contribution in [1.82, 2.24) is 24.3 Å². The Hall–Kier alpha value is -2.90. The number of fused-ring (bicyclic) bond motifs is 1. The molecule has 0 amide bonds. The number of rotatable bonds is 7. The van der Waals surface area contributed by atoms with E-state index in [4.69, 9.17) is 26.4 Å². The third-order valence-corrected chi connectivity index (χ3v) is 6.99. The molecular weight excluding hydrogens is 436 g/mol. The third kappa shape index (κ3) is 3.50. The van der Waals surface area contributed by atoms with Crippen LogP contribution in [0.5, 0.6) is 0 Å². The Bertz CT molecular complexity index is 1370. The molecule has 2 saturated carbocycles. The van der Waals surface area contributed by atoms with Gasteiger partial charge in [0, 0.05) is 59.9 Å². The second-order valence-electron chi connectivity index (χ2n) is 9.19. The zero-order valence-corrected chi connectivity index (χ0v) is 19.9. The lowest BCUT2D eigenvalue weighted by Crippen LogP contribution is -2.02. The molecular formula is C25H27ClN6O. The molecule has 0 spiro atoms. The number of hydrogen-bond acceptors (Lipinski definition) is 5. The van der Waals surface area contributed by atoms with E-state index in [1.54, 1.807) is 7.11 Å². The molecule has 33 heavy (non-hydrogen) atoms. The molecule has 3 heterocycles. The maximum atomic E-state index is 6.43. The van der Waals surface area contributed by atoms with Gasteiger partial charge in [-0.15, -0.1) is 11.6 Å². The van der Waals surface area contributed by atoms with E-state index in [9.17, 15) is 0 Å². The Kier molecular flexibility index (Phi) is 4.92. The Morgan fingerprint density at radius 1 is 1.09 bits per heavy atom. The summed E-state index contributed by atoms with van der Waals surface area (Å²) in [5.41, 5.74) is 11.2. The normalized spacial score (nSPS) is 16.0. The van der Waals surface area contributed by atoms with Gasteiger partial charge in [-0.1, -0.05) is 12.1 Å². The van der Waals surface area contributed by atoms with Gasteiger partial charge in [0.15, 0.2) is 5.65 Å². The number of benzene rings is 1. The summed E-state index contributed by atoms with van der Waals surface area (Å²) in [4.78, 5) is 15.5. The molecule has 3 aromatic heterocycles. The van der Waals surface area contributed by atoms with Gasteiger partial charge in [-0.25, -0.2) is 9.97 Å². The van der Waals surface area contributed by atoms with Gasteiger partial charge in [0.1, 0.15) is 5.82 Å². The zero-order valence-electron chi connectivity index (χ0n) is 19.1. The molecule has 1 aromatic carbocycles. The van der Waals surface area contributed by atoms with Crippen LogP contribution in [0, 0.1) is 0 Å². The maximum Gasteiger partial charge on any atom is 0.181 e. The van der Waals surface area contributed by atoms with Gasteiger partial charge in [0.05, 0.1) is 30.1 Å². The smallest absolute Gasteiger partial charge is 0.181 e. The zero-order chi connectivity index (χ0) is 22.7. The monoisotopic (exact) mass is 462 g/mol. The van der Waals surface area contributed by atoms with E-state index in [1.165, 1.54) is 31.4 Å². The first kappa shape index (κ1) is 20.7. The molecule has 6 rings (SSSR count). The second kappa shape index (κ2) is 7.85. The van der Waals surface area contributed by atoms with Crippen LogP contribution >= 0.6 is 11.6 Å². The minimum Gasteiger partial charge on any atom is -0.330 e. The number of imidazole rings is 1. The Morgan fingerprint density at radius 3 is 2.58 bits per heavy atom. The van der Waals surface area contributed by atoms with E-state index in [1.807, 2.05) is 30.1 Å². The highest BCUT2D eigenvalue weighted by molar-refractivity contribution is 6.18. The highest BCUT2D eigenvalue weighted by Gasteiger charge is 2.35. The van der Waals surface area contributed by atoms with E-state index >= 15 is 0 Å². The van der Waals surface area contributed by atoms with Crippen molar-refractivity contribution in [3.05, 3.63) is 47.4 Å². The molecule has 7 nitrogen and oxygen atoms in total. The summed E-state index contributed by atoms with van der Waals surface area (Å²) in [6.45, 7) is 0. The topological polar surface area (TPSA) is 69.8 Å². The van der Waals surface area contributed by atoms with Gasteiger partial charge in [-0.2, -0.15) is 5.10 Å². The van der Waals surface area contributed by atoms with E-state index < -0.39 is 0 Å². The predicted octanol–water partition coefficient (Wildman–Crippen LogP) is 5.50. The lowest BCUT2D eigenvalue weighted by molar-refractivity contribution is 0.270. The number of hydrogen-bond donors (Lipinski definition) is 1. The van der Waals surface area contributed by atoms with Crippen LogP contribution in [0.3, 0.4) is 0 Å². The minimum absolute atomic E-state index is 0.369. The van der Waals surface area contributed by atoms with E-state index in [2.05, 4.69) is 34.3 Å². The molecule has 0 aliphatic heterocycles. The van der Waals surface area contributed by atoms with Crippen LogP contribution in [0.15, 0.2) is 30.5 Å². The SMILES string of the molecule is CONc1cccc(-c2nc(-c3cc4cn(C)nc4nc3C3CC3)n(C)c2C2CC2)c1CCl. The number of aromatic nitrogens is 5. The second-order valence-corrected chi connectivity index (χ2v) is 9.45. The summed E-state index contributed by atoms with van der Waals surface area (Å²) in [6, 6.07) is 8.34. The number of nitrogens with zero attached hydrogens (tertiary/aromatic N) is 5. The first-order valence-corrected chi connectivity index (χ1v) is 12.0. The van der Waals surface area contributed by atoms with Crippen molar-refractivity contribution in [2.24, 2.45) is 14.1 Å². The number of anilines is 1. The Balaban J connectivity index is 1.58. The number of aryl methyl sites for hydroxylation is 1. The van der Waals surface area contributed by atoms with Crippen LogP contribution in [-0.4, -0.2) is 31.4 Å². The van der Waals surface area contributed by atoms with E-state index in [0.29, 0.717) is 17.7 Å². The van der Waals surface area contributed by atoms with Crippen LogP contribution < -0.4 is 5.48 Å². The van der Waals surface area contributed by atoms with Crippen molar-refractivity contribution < 1.29 is 4.84 Å². The van der Waals surface area contributed by atoms with Crippen LogP contribution in [0.1, 0.15) is 54.5 Å². The molecule has 4 aromatic rings. The number of pyridine rings is 1. The average Bonchev–Trinajstić information content (AvgIpc) is 3.73. The third-order valence-electron chi connectivity index (χ3n) is 6.72. The summed E-state index contributed by atoms with van der Waals surface area (Å²) < 4.78 is 4.12. The van der Waals surface area contributed by atoms with Crippen molar-refractivity contribution >= 4 is 28.3 Å². The Morgan fingerprint density at radius 2 is 1.88 bits per heavy atom. The summed E-state index contributed by atoms with van der Waals surface area (Å²) >= 11 is 6.43. The van der Waals surface area contributed by atoms with Crippen molar-refractivity contribution in [1.29, 1.82) is 0 Å². The molecule has 8 heteroatoms. The lowest BCUT2D eigenvalue weighted by atomic mass is 10.0. The summed E-state index contributed by atoms with van der Waals surface area (Å²) in [6.07, 6.45) is 6.75. The molecule has 0 unspecified atom stereocenters. The summed E-state index contributed by atoms with van der Waals surface area (Å²) in [5.74, 6) is 2.35. The van der Waals surface area contributed by atoms with Gasteiger partial charge < -0.3 is 4.57 Å². The quantitative estimate of drug-likeness (QED) is 0.290. The van der Waals surface area contributed by atoms with Gasteiger partial charge in [0.25, 0.3) is 0 Å². The van der Waals surface area contributed by atoms with Crippen molar-refractivity contribution in [2.75, 3.05) is 12.6 Å². The van der Waals surface area contributed by atoms with E-state index in [0.717, 1.165) is 50.6 Å². The summed E-state index contributed by atoms with van der Waals surface area (Å²) in [5, 5.41) is 5.59. The van der Waals surface area contributed by atoms with Crippen LogP contribution in [-0.2, 0) is 24.8 Å². The largest absolute Gasteiger partial charge is 0.330 e. The molecule has 1 N–H and O–H groups in total. The minimum atomic E-state index is 0.369. The highest BCUT2D eigenvalue weighted by Crippen LogP contribution is 2.49. The fraction of sp³-hybridized carbons (Fsp3) is 0.400.